The van der Waals surface area contributed by atoms with Crippen molar-refractivity contribution in [3.63, 3.8) is 0 Å². The molecule has 2 nitrogen and oxygen atoms in total. The highest BCUT2D eigenvalue weighted by atomic mass is 16.3. The Morgan fingerprint density at radius 2 is 1.75 bits per heavy atom. The highest BCUT2D eigenvalue weighted by Crippen LogP contribution is 2.61. The molecule has 0 amide bonds. The van der Waals surface area contributed by atoms with Gasteiger partial charge in [-0.1, -0.05) is 48.5 Å². The Kier molecular flexibility index (Phi) is 3.02. The van der Waals surface area contributed by atoms with Gasteiger partial charge in [-0.3, -0.25) is 0 Å². The quantitative estimate of drug-likeness (QED) is 0.850. The van der Waals surface area contributed by atoms with E-state index in [0.29, 0.717) is 6.04 Å². The van der Waals surface area contributed by atoms with Crippen molar-refractivity contribution in [1.82, 2.24) is 0 Å². The fraction of sp³-hybridized carbons (Fsp3) is 0.455. The minimum Gasteiger partial charge on any atom is -0.391 e. The van der Waals surface area contributed by atoms with Crippen LogP contribution < -0.4 is 0 Å². The Hall–Kier alpha value is -1.64. The highest BCUT2D eigenvalue weighted by molar-refractivity contribution is 5.51. The summed E-state index contributed by atoms with van der Waals surface area (Å²) in [4.78, 5) is 0. The van der Waals surface area contributed by atoms with Crippen molar-refractivity contribution in [2.24, 2.45) is 5.92 Å². The van der Waals surface area contributed by atoms with Gasteiger partial charge in [-0.05, 0) is 25.3 Å². The summed E-state index contributed by atoms with van der Waals surface area (Å²) in [5.41, 5.74) is 5.98. The number of rotatable bonds is 4. The number of hydrogen-bond acceptors (Lipinski definition) is 1. The molecule has 3 aliphatic rings. The summed E-state index contributed by atoms with van der Waals surface area (Å²) in [6.07, 6.45) is 3.84. The lowest BCUT2D eigenvalue weighted by atomic mass is 9.78. The second kappa shape index (κ2) is 4.93. The largest absolute Gasteiger partial charge is 0.391 e. The van der Waals surface area contributed by atoms with E-state index in [0.717, 1.165) is 23.4 Å². The zero-order chi connectivity index (χ0) is 16.4. The lowest BCUT2D eigenvalue weighted by Gasteiger charge is -2.54. The number of hydrogen-bond donors (Lipinski definition) is 1. The summed E-state index contributed by atoms with van der Waals surface area (Å²) in [6.45, 7) is 4.79. The van der Waals surface area contributed by atoms with Crippen LogP contribution in [-0.2, 0) is 12.0 Å². The van der Waals surface area contributed by atoms with Crippen molar-refractivity contribution < 1.29 is 9.59 Å². The van der Waals surface area contributed by atoms with Crippen molar-refractivity contribution in [2.75, 3.05) is 19.7 Å². The maximum Gasteiger partial charge on any atom is 0.149 e. The smallest absolute Gasteiger partial charge is 0.149 e. The van der Waals surface area contributed by atoms with Crippen molar-refractivity contribution in [3.8, 4) is 0 Å². The van der Waals surface area contributed by atoms with E-state index in [1.807, 2.05) is 0 Å². The molecule has 1 saturated carbocycles. The predicted molar refractivity (Wildman–Crippen MR) is 95.6 cm³/mol. The highest BCUT2D eigenvalue weighted by Gasteiger charge is 2.64. The summed E-state index contributed by atoms with van der Waals surface area (Å²) in [5.74, 6) is 0.845. The first-order valence-electron chi connectivity index (χ1n) is 9.36. The molecule has 2 bridgehead atoms. The molecule has 0 radical (unpaired) electrons. The molecular weight excluding hydrogens is 294 g/mol. The molecule has 1 aliphatic carbocycles. The molecule has 2 aromatic rings. The molecule has 124 valence electrons. The van der Waals surface area contributed by atoms with Crippen molar-refractivity contribution in [3.05, 3.63) is 70.8 Å². The van der Waals surface area contributed by atoms with Crippen LogP contribution in [0.15, 0.2) is 48.5 Å². The SMILES string of the molecule is C[C@]12c3ccccc3C[C@H](c3ccccc31)[N@@+]2(CCO)CC1CC1. The first-order valence-corrected chi connectivity index (χ1v) is 9.36. The average Bonchev–Trinajstić information content (AvgIpc) is 3.40. The number of quaternary nitrogens is 1. The zero-order valence-electron chi connectivity index (χ0n) is 14.4. The summed E-state index contributed by atoms with van der Waals surface area (Å²) >= 11 is 0. The number of nitrogens with zero attached hydrogens (tertiary/aromatic N) is 1. The van der Waals surface area contributed by atoms with Gasteiger partial charge in [0.15, 0.2) is 0 Å². The Bertz CT molecular complexity index is 783. The Morgan fingerprint density at radius 3 is 2.50 bits per heavy atom. The molecular formula is C22H26NO+. The molecule has 0 spiro atoms. The van der Waals surface area contributed by atoms with Crippen LogP contribution in [0.3, 0.4) is 0 Å². The number of aliphatic hydroxyl groups excluding tert-OH is 1. The molecule has 2 aliphatic heterocycles. The first-order chi connectivity index (χ1) is 11.7. The van der Waals surface area contributed by atoms with Gasteiger partial charge in [0, 0.05) is 29.0 Å². The van der Waals surface area contributed by atoms with Gasteiger partial charge in [0.2, 0.25) is 0 Å². The molecule has 5 rings (SSSR count). The second-order valence-electron chi connectivity index (χ2n) is 8.14. The van der Waals surface area contributed by atoms with Crippen LogP contribution in [0, 0.1) is 5.92 Å². The van der Waals surface area contributed by atoms with Gasteiger partial charge in [-0.2, -0.15) is 0 Å². The number of benzene rings is 2. The third-order valence-electron chi connectivity index (χ3n) is 7.07. The Balaban J connectivity index is 1.80. The maximum absolute atomic E-state index is 10.0. The van der Waals surface area contributed by atoms with Crippen LogP contribution in [0.1, 0.15) is 48.1 Å². The van der Waals surface area contributed by atoms with Gasteiger partial charge in [0.25, 0.3) is 0 Å². The van der Waals surface area contributed by atoms with E-state index in [4.69, 9.17) is 0 Å². The second-order valence-corrected chi connectivity index (χ2v) is 8.14. The minimum atomic E-state index is -0.0264. The molecule has 0 aromatic heterocycles. The Labute approximate surface area is 144 Å². The monoisotopic (exact) mass is 320 g/mol. The average molecular weight is 320 g/mol. The Morgan fingerprint density at radius 1 is 1.04 bits per heavy atom. The van der Waals surface area contributed by atoms with Crippen LogP contribution >= 0.6 is 0 Å². The topological polar surface area (TPSA) is 20.2 Å². The van der Waals surface area contributed by atoms with Crippen molar-refractivity contribution in [1.29, 1.82) is 0 Å². The summed E-state index contributed by atoms with van der Waals surface area (Å²) in [7, 11) is 0. The molecule has 2 heteroatoms. The molecule has 0 unspecified atom stereocenters. The van der Waals surface area contributed by atoms with Crippen LogP contribution in [0.5, 0.6) is 0 Å². The van der Waals surface area contributed by atoms with Gasteiger partial charge >= 0.3 is 0 Å². The minimum absolute atomic E-state index is 0.0264. The fourth-order valence-corrected chi connectivity index (χ4v) is 5.82. The predicted octanol–water partition coefficient (Wildman–Crippen LogP) is 3.78. The first kappa shape index (κ1) is 14.7. The number of fused-ring (bicyclic) bond motifs is 7. The summed E-state index contributed by atoms with van der Waals surface area (Å²) in [5, 5.41) is 10.0. The van der Waals surface area contributed by atoms with Gasteiger partial charge in [-0.15, -0.1) is 0 Å². The van der Waals surface area contributed by atoms with Crippen LogP contribution in [0.4, 0.5) is 0 Å². The molecule has 3 atom stereocenters. The molecule has 24 heavy (non-hydrogen) atoms. The molecule has 0 saturated heterocycles. The van der Waals surface area contributed by atoms with Crippen molar-refractivity contribution >= 4 is 0 Å². The lowest BCUT2D eigenvalue weighted by molar-refractivity contribution is -0.999. The van der Waals surface area contributed by atoms with E-state index in [9.17, 15) is 5.11 Å². The van der Waals surface area contributed by atoms with Gasteiger partial charge < -0.3 is 9.59 Å². The van der Waals surface area contributed by atoms with Gasteiger partial charge in [0.05, 0.1) is 13.2 Å². The standard InChI is InChI=1S/C22H26NO/c1-22-19-8-4-2-6-17(19)14-21(18-7-3-5-9-20(18)22)23(22,12-13-24)15-16-10-11-16/h2-9,16,21,24H,10-15H2,1H3/q+1/t21-,22+,23-/m1/s1. The maximum atomic E-state index is 10.0. The molecule has 1 N–H and O–H groups in total. The molecule has 1 fully saturated rings. The summed E-state index contributed by atoms with van der Waals surface area (Å²) < 4.78 is 1.03. The van der Waals surface area contributed by atoms with Crippen LogP contribution in [-0.4, -0.2) is 29.3 Å². The summed E-state index contributed by atoms with van der Waals surface area (Å²) in [6, 6.07) is 18.6. The normalized spacial score (nSPS) is 33.2. The van der Waals surface area contributed by atoms with Gasteiger partial charge in [0.1, 0.15) is 18.1 Å². The van der Waals surface area contributed by atoms with E-state index >= 15 is 0 Å². The van der Waals surface area contributed by atoms with Gasteiger partial charge in [-0.25, -0.2) is 0 Å². The zero-order valence-corrected chi connectivity index (χ0v) is 14.4. The lowest BCUT2D eigenvalue weighted by Crippen LogP contribution is -2.63. The molecule has 2 heterocycles. The third-order valence-corrected chi connectivity index (χ3v) is 7.07. The van der Waals surface area contributed by atoms with E-state index in [1.165, 1.54) is 41.6 Å². The van der Waals surface area contributed by atoms with E-state index in [-0.39, 0.29) is 12.1 Å². The number of aliphatic hydroxyl groups is 1. The third kappa shape index (κ3) is 1.68. The van der Waals surface area contributed by atoms with E-state index in [2.05, 4.69) is 55.5 Å². The van der Waals surface area contributed by atoms with Crippen LogP contribution in [0.2, 0.25) is 0 Å². The van der Waals surface area contributed by atoms with Crippen LogP contribution in [0.25, 0.3) is 0 Å². The van der Waals surface area contributed by atoms with E-state index < -0.39 is 0 Å². The van der Waals surface area contributed by atoms with Crippen molar-refractivity contribution in [2.45, 2.75) is 37.8 Å². The fourth-order valence-electron chi connectivity index (χ4n) is 5.82. The molecule has 2 aromatic carbocycles. The van der Waals surface area contributed by atoms with E-state index in [1.54, 1.807) is 0 Å².